The van der Waals surface area contributed by atoms with Crippen LogP contribution in [0, 0.1) is 6.92 Å². The smallest absolute Gasteiger partial charge is 0.270 e. The lowest BCUT2D eigenvalue weighted by molar-refractivity contribution is 0.0947. The quantitative estimate of drug-likeness (QED) is 0.810. The number of thiazole rings is 1. The third-order valence-corrected chi connectivity index (χ3v) is 3.61. The SMILES string of the molecule is Cc1nccn1CCNC(=O)c1csc(CCN)n1. The van der Waals surface area contributed by atoms with E-state index in [1.807, 2.05) is 17.7 Å². The molecule has 0 saturated heterocycles. The van der Waals surface area contributed by atoms with E-state index in [0.717, 1.165) is 10.8 Å². The van der Waals surface area contributed by atoms with Crippen LogP contribution < -0.4 is 11.1 Å². The zero-order valence-electron chi connectivity index (χ0n) is 10.8. The maximum absolute atomic E-state index is 11.9. The summed E-state index contributed by atoms with van der Waals surface area (Å²) in [4.78, 5) is 20.2. The summed E-state index contributed by atoms with van der Waals surface area (Å²) in [6, 6.07) is 0. The van der Waals surface area contributed by atoms with E-state index in [-0.39, 0.29) is 5.91 Å². The standard InChI is InChI=1S/C12H17N5OS/c1-9-14-4-6-17(9)7-5-15-12(18)10-8-19-11(16-10)2-3-13/h4,6,8H,2-3,5,7,13H2,1H3,(H,15,18). The van der Waals surface area contributed by atoms with Gasteiger partial charge in [-0.3, -0.25) is 4.79 Å². The van der Waals surface area contributed by atoms with Gasteiger partial charge in [0, 0.05) is 37.3 Å². The lowest BCUT2D eigenvalue weighted by atomic mass is 10.4. The lowest BCUT2D eigenvalue weighted by Gasteiger charge is -2.05. The second kappa shape index (κ2) is 6.44. The highest BCUT2D eigenvalue weighted by molar-refractivity contribution is 7.09. The molecular formula is C12H17N5OS. The molecule has 1 amide bonds. The van der Waals surface area contributed by atoms with Crippen LogP contribution in [0.2, 0.25) is 0 Å². The Bertz CT molecular complexity index is 548. The fourth-order valence-electron chi connectivity index (χ4n) is 1.67. The van der Waals surface area contributed by atoms with Crippen molar-refractivity contribution in [2.45, 2.75) is 19.9 Å². The van der Waals surface area contributed by atoms with E-state index in [9.17, 15) is 4.79 Å². The number of hydrogen-bond acceptors (Lipinski definition) is 5. The van der Waals surface area contributed by atoms with Gasteiger partial charge in [-0.05, 0) is 13.5 Å². The first-order valence-corrected chi connectivity index (χ1v) is 6.99. The van der Waals surface area contributed by atoms with Gasteiger partial charge in [-0.25, -0.2) is 9.97 Å². The number of carbonyl (C=O) groups excluding carboxylic acids is 1. The fourth-order valence-corrected chi connectivity index (χ4v) is 2.47. The highest BCUT2D eigenvalue weighted by Gasteiger charge is 2.09. The van der Waals surface area contributed by atoms with Crippen molar-refractivity contribution in [1.29, 1.82) is 0 Å². The topological polar surface area (TPSA) is 85.8 Å². The predicted molar refractivity (Wildman–Crippen MR) is 74.2 cm³/mol. The molecule has 0 fully saturated rings. The van der Waals surface area contributed by atoms with Gasteiger partial charge in [0.05, 0.1) is 5.01 Å². The molecule has 102 valence electrons. The van der Waals surface area contributed by atoms with E-state index in [0.29, 0.717) is 31.7 Å². The van der Waals surface area contributed by atoms with Crippen LogP contribution in [-0.4, -0.2) is 33.5 Å². The summed E-state index contributed by atoms with van der Waals surface area (Å²) in [6.45, 7) is 3.74. The molecule has 0 bridgehead atoms. The Hall–Kier alpha value is -1.73. The zero-order chi connectivity index (χ0) is 13.7. The van der Waals surface area contributed by atoms with Crippen LogP contribution in [0.3, 0.4) is 0 Å². The van der Waals surface area contributed by atoms with Crippen LogP contribution in [0.15, 0.2) is 17.8 Å². The molecule has 2 aromatic heterocycles. The second-order valence-electron chi connectivity index (χ2n) is 4.09. The van der Waals surface area contributed by atoms with Crippen molar-refractivity contribution in [3.63, 3.8) is 0 Å². The zero-order valence-corrected chi connectivity index (χ0v) is 11.6. The summed E-state index contributed by atoms with van der Waals surface area (Å²) in [7, 11) is 0. The van der Waals surface area contributed by atoms with E-state index < -0.39 is 0 Å². The van der Waals surface area contributed by atoms with Gasteiger partial charge in [0.15, 0.2) is 0 Å². The van der Waals surface area contributed by atoms with Gasteiger partial charge >= 0.3 is 0 Å². The Morgan fingerprint density at radius 2 is 2.42 bits per heavy atom. The normalized spacial score (nSPS) is 10.6. The molecule has 6 nitrogen and oxygen atoms in total. The van der Waals surface area contributed by atoms with Crippen LogP contribution in [0.25, 0.3) is 0 Å². The third kappa shape index (κ3) is 3.62. The number of nitrogens with one attached hydrogen (secondary N) is 1. The van der Waals surface area contributed by atoms with Crippen molar-refractivity contribution in [2.24, 2.45) is 5.73 Å². The molecule has 3 N–H and O–H groups in total. The molecular weight excluding hydrogens is 262 g/mol. The highest BCUT2D eigenvalue weighted by Crippen LogP contribution is 2.09. The van der Waals surface area contributed by atoms with E-state index in [1.54, 1.807) is 11.6 Å². The first-order chi connectivity index (χ1) is 9.20. The van der Waals surface area contributed by atoms with Crippen molar-refractivity contribution in [3.8, 4) is 0 Å². The molecule has 0 aliphatic rings. The first kappa shape index (κ1) is 13.7. The number of nitrogens with zero attached hydrogens (tertiary/aromatic N) is 3. The van der Waals surface area contributed by atoms with Gasteiger partial charge in [0.1, 0.15) is 11.5 Å². The first-order valence-electron chi connectivity index (χ1n) is 6.11. The van der Waals surface area contributed by atoms with E-state index in [2.05, 4.69) is 15.3 Å². The molecule has 0 aliphatic carbocycles. The summed E-state index contributed by atoms with van der Waals surface area (Å²) >= 11 is 1.47. The van der Waals surface area contributed by atoms with Gasteiger partial charge in [-0.15, -0.1) is 11.3 Å². The van der Waals surface area contributed by atoms with E-state index >= 15 is 0 Å². The number of aryl methyl sites for hydroxylation is 1. The van der Waals surface area contributed by atoms with Crippen molar-refractivity contribution in [1.82, 2.24) is 19.9 Å². The van der Waals surface area contributed by atoms with Crippen LogP contribution in [-0.2, 0) is 13.0 Å². The van der Waals surface area contributed by atoms with Gasteiger partial charge < -0.3 is 15.6 Å². The fraction of sp³-hybridized carbons (Fsp3) is 0.417. The number of hydrogen-bond donors (Lipinski definition) is 2. The number of amides is 1. The maximum Gasteiger partial charge on any atom is 0.270 e. The van der Waals surface area contributed by atoms with Gasteiger partial charge in [0.25, 0.3) is 5.91 Å². The number of rotatable bonds is 6. The summed E-state index contributed by atoms with van der Waals surface area (Å²) in [5.74, 6) is 0.797. The number of aromatic nitrogens is 3. The van der Waals surface area contributed by atoms with Gasteiger partial charge in [0.2, 0.25) is 0 Å². The summed E-state index contributed by atoms with van der Waals surface area (Å²) in [6.07, 6.45) is 4.35. The molecule has 0 saturated carbocycles. The van der Waals surface area contributed by atoms with Crippen LogP contribution in [0.4, 0.5) is 0 Å². The van der Waals surface area contributed by atoms with Crippen LogP contribution in [0.5, 0.6) is 0 Å². The molecule has 0 radical (unpaired) electrons. The molecule has 0 unspecified atom stereocenters. The third-order valence-electron chi connectivity index (χ3n) is 2.70. The molecule has 0 atom stereocenters. The molecule has 0 spiro atoms. The Labute approximate surface area is 115 Å². The summed E-state index contributed by atoms with van der Waals surface area (Å²) in [5.41, 5.74) is 5.92. The average molecular weight is 279 g/mol. The van der Waals surface area contributed by atoms with Crippen molar-refractivity contribution >= 4 is 17.2 Å². The Balaban J connectivity index is 1.82. The maximum atomic E-state index is 11.9. The van der Waals surface area contributed by atoms with E-state index in [1.165, 1.54) is 11.3 Å². The van der Waals surface area contributed by atoms with Crippen molar-refractivity contribution < 1.29 is 4.79 Å². The lowest BCUT2D eigenvalue weighted by Crippen LogP contribution is -2.27. The van der Waals surface area contributed by atoms with Crippen LogP contribution >= 0.6 is 11.3 Å². The Kier molecular flexibility index (Phi) is 4.64. The van der Waals surface area contributed by atoms with E-state index in [4.69, 9.17) is 5.73 Å². The number of nitrogens with two attached hydrogens (primary N) is 1. The minimum atomic E-state index is -0.141. The second-order valence-corrected chi connectivity index (χ2v) is 5.03. The molecule has 19 heavy (non-hydrogen) atoms. The molecule has 7 heteroatoms. The Morgan fingerprint density at radius 1 is 1.58 bits per heavy atom. The van der Waals surface area contributed by atoms with Gasteiger partial charge in [-0.2, -0.15) is 0 Å². The Morgan fingerprint density at radius 3 is 3.11 bits per heavy atom. The van der Waals surface area contributed by atoms with Crippen molar-refractivity contribution in [2.75, 3.05) is 13.1 Å². The van der Waals surface area contributed by atoms with Crippen molar-refractivity contribution in [3.05, 3.63) is 34.3 Å². The minimum Gasteiger partial charge on any atom is -0.349 e. The average Bonchev–Trinajstić information content (AvgIpc) is 3.00. The largest absolute Gasteiger partial charge is 0.349 e. The minimum absolute atomic E-state index is 0.141. The highest BCUT2D eigenvalue weighted by atomic mass is 32.1. The number of carbonyl (C=O) groups is 1. The number of imidazole rings is 1. The van der Waals surface area contributed by atoms with Crippen LogP contribution in [0.1, 0.15) is 21.3 Å². The summed E-state index contributed by atoms with van der Waals surface area (Å²) in [5, 5.41) is 5.51. The molecule has 0 aliphatic heterocycles. The predicted octanol–water partition coefficient (Wildman–Crippen LogP) is 0.579. The summed E-state index contributed by atoms with van der Waals surface area (Å²) < 4.78 is 1.99. The monoisotopic (exact) mass is 279 g/mol. The molecule has 2 aromatic rings. The molecule has 0 aromatic carbocycles. The molecule has 2 rings (SSSR count). The molecule has 2 heterocycles. The van der Waals surface area contributed by atoms with Gasteiger partial charge in [-0.1, -0.05) is 0 Å².